The van der Waals surface area contributed by atoms with Gasteiger partial charge in [0.2, 0.25) is 0 Å². The molecule has 6 heteroatoms. The number of nitrogens with one attached hydrogen (secondary N) is 1. The van der Waals surface area contributed by atoms with Gasteiger partial charge in [0.15, 0.2) is 5.82 Å². The van der Waals surface area contributed by atoms with Gasteiger partial charge in [-0.3, -0.25) is 9.89 Å². The van der Waals surface area contributed by atoms with Crippen LogP contribution in [0.3, 0.4) is 0 Å². The van der Waals surface area contributed by atoms with Crippen LogP contribution in [-0.2, 0) is 0 Å². The van der Waals surface area contributed by atoms with E-state index in [0.29, 0.717) is 16.6 Å². The van der Waals surface area contributed by atoms with Crippen LogP contribution < -0.4 is 5.73 Å². The number of thioether (sulfide) groups is 1. The smallest absolute Gasteiger partial charge is 0.259 e. The van der Waals surface area contributed by atoms with Gasteiger partial charge in [-0.05, 0) is 6.92 Å². The fourth-order valence-corrected chi connectivity index (χ4v) is 2.89. The van der Waals surface area contributed by atoms with E-state index in [9.17, 15) is 4.79 Å². The molecule has 88 valence electrons. The van der Waals surface area contributed by atoms with Crippen LogP contribution in [0.5, 0.6) is 0 Å². The molecular weight excluding hydrogens is 224 g/mol. The average Bonchev–Trinajstić information content (AvgIpc) is 2.58. The maximum atomic E-state index is 12.2. The van der Waals surface area contributed by atoms with Gasteiger partial charge in [-0.15, -0.1) is 0 Å². The molecule has 2 heterocycles. The van der Waals surface area contributed by atoms with Crippen molar-refractivity contribution in [1.29, 1.82) is 0 Å². The van der Waals surface area contributed by atoms with Gasteiger partial charge in [0.1, 0.15) is 5.56 Å². The molecule has 1 aromatic rings. The summed E-state index contributed by atoms with van der Waals surface area (Å²) < 4.78 is 0. The third kappa shape index (κ3) is 2.02. The largest absolute Gasteiger partial charge is 0.382 e. The Kier molecular flexibility index (Phi) is 3.09. The van der Waals surface area contributed by atoms with Gasteiger partial charge in [0, 0.05) is 29.8 Å². The summed E-state index contributed by atoms with van der Waals surface area (Å²) in [5.41, 5.74) is 6.96. The number of hydrogen-bond donors (Lipinski definition) is 2. The molecular formula is C10H16N4OS. The number of carbonyl (C=O) groups is 1. The van der Waals surface area contributed by atoms with E-state index in [0.717, 1.165) is 24.5 Å². The van der Waals surface area contributed by atoms with E-state index in [1.165, 1.54) is 0 Å². The standard InChI is InChI=1S/C10H16N4OS/c1-6-5-14(3-4-16-6)10(15)8-7(2)12-13-9(8)11/h6H,3-5H2,1-2H3,(H3,11,12,13). The van der Waals surface area contributed by atoms with E-state index in [4.69, 9.17) is 5.73 Å². The van der Waals surface area contributed by atoms with Gasteiger partial charge in [-0.1, -0.05) is 6.92 Å². The molecule has 1 atom stereocenters. The van der Waals surface area contributed by atoms with Crippen molar-refractivity contribution in [3.8, 4) is 0 Å². The lowest BCUT2D eigenvalue weighted by atomic mass is 10.2. The summed E-state index contributed by atoms with van der Waals surface area (Å²) in [4.78, 5) is 14.1. The van der Waals surface area contributed by atoms with Gasteiger partial charge in [0.05, 0.1) is 0 Å². The number of aromatic amines is 1. The van der Waals surface area contributed by atoms with Crippen LogP contribution in [0.1, 0.15) is 23.0 Å². The molecule has 2 rings (SSSR count). The molecule has 0 saturated carbocycles. The highest BCUT2D eigenvalue weighted by atomic mass is 32.2. The van der Waals surface area contributed by atoms with E-state index >= 15 is 0 Å². The zero-order valence-corrected chi connectivity index (χ0v) is 10.3. The molecule has 0 radical (unpaired) electrons. The first-order valence-corrected chi connectivity index (χ1v) is 6.35. The fraction of sp³-hybridized carbons (Fsp3) is 0.600. The molecule has 0 bridgehead atoms. The molecule has 3 N–H and O–H groups in total. The molecule has 1 amide bonds. The molecule has 0 aliphatic carbocycles. The number of H-pyrrole nitrogens is 1. The number of rotatable bonds is 1. The van der Waals surface area contributed by atoms with Crippen molar-refractivity contribution in [1.82, 2.24) is 15.1 Å². The van der Waals surface area contributed by atoms with Crippen LogP contribution in [0.15, 0.2) is 0 Å². The number of nitrogens with two attached hydrogens (primary N) is 1. The first-order chi connectivity index (χ1) is 7.59. The minimum absolute atomic E-state index is 0.00380. The number of anilines is 1. The number of aromatic nitrogens is 2. The molecule has 0 aromatic carbocycles. The molecule has 1 saturated heterocycles. The summed E-state index contributed by atoms with van der Waals surface area (Å²) in [5.74, 6) is 1.29. The van der Waals surface area contributed by atoms with E-state index in [1.807, 2.05) is 23.6 Å². The lowest BCUT2D eigenvalue weighted by Crippen LogP contribution is -2.41. The SMILES string of the molecule is Cc1[nH]nc(N)c1C(=O)N1CCSC(C)C1. The number of amides is 1. The Hall–Kier alpha value is -1.17. The second-order valence-corrected chi connectivity index (χ2v) is 5.59. The van der Waals surface area contributed by atoms with Crippen LogP contribution in [0, 0.1) is 6.92 Å². The summed E-state index contributed by atoms with van der Waals surface area (Å²) in [7, 11) is 0. The van der Waals surface area contributed by atoms with Crippen LogP contribution in [0.4, 0.5) is 5.82 Å². The maximum Gasteiger partial charge on any atom is 0.259 e. The first-order valence-electron chi connectivity index (χ1n) is 5.31. The Morgan fingerprint density at radius 2 is 2.44 bits per heavy atom. The fourth-order valence-electron chi connectivity index (χ4n) is 1.88. The predicted octanol–water partition coefficient (Wildman–Crippen LogP) is 0.878. The van der Waals surface area contributed by atoms with Crippen molar-refractivity contribution >= 4 is 23.5 Å². The molecule has 0 spiro atoms. The number of nitrogen functional groups attached to an aromatic ring is 1. The molecule has 16 heavy (non-hydrogen) atoms. The normalized spacial score (nSPS) is 21.1. The van der Waals surface area contributed by atoms with Crippen molar-refractivity contribution in [2.24, 2.45) is 0 Å². The zero-order valence-electron chi connectivity index (χ0n) is 9.49. The number of nitrogens with zero attached hydrogens (tertiary/aromatic N) is 2. The van der Waals surface area contributed by atoms with E-state index < -0.39 is 0 Å². The van der Waals surface area contributed by atoms with Crippen LogP contribution in [-0.4, -0.2) is 45.1 Å². The Bertz CT molecular complexity index is 384. The Morgan fingerprint density at radius 1 is 1.69 bits per heavy atom. The lowest BCUT2D eigenvalue weighted by molar-refractivity contribution is 0.0763. The first kappa shape index (κ1) is 11.3. The monoisotopic (exact) mass is 240 g/mol. The molecule has 1 aliphatic heterocycles. The zero-order chi connectivity index (χ0) is 11.7. The predicted molar refractivity (Wildman–Crippen MR) is 65.6 cm³/mol. The van der Waals surface area contributed by atoms with E-state index in [2.05, 4.69) is 17.1 Å². The Morgan fingerprint density at radius 3 is 3.00 bits per heavy atom. The highest BCUT2D eigenvalue weighted by Crippen LogP contribution is 2.22. The Labute approximate surface area is 98.8 Å². The number of aryl methyl sites for hydroxylation is 1. The van der Waals surface area contributed by atoms with Crippen LogP contribution in [0.25, 0.3) is 0 Å². The summed E-state index contributed by atoms with van der Waals surface area (Å²) >= 11 is 1.90. The summed E-state index contributed by atoms with van der Waals surface area (Å²) in [5, 5.41) is 7.08. The minimum Gasteiger partial charge on any atom is -0.382 e. The van der Waals surface area contributed by atoms with Gasteiger partial charge in [0.25, 0.3) is 5.91 Å². The van der Waals surface area contributed by atoms with Crippen LogP contribution >= 0.6 is 11.8 Å². The quantitative estimate of drug-likeness (QED) is 0.764. The van der Waals surface area contributed by atoms with Gasteiger partial charge < -0.3 is 10.6 Å². The molecule has 1 unspecified atom stereocenters. The number of hydrogen-bond acceptors (Lipinski definition) is 4. The van der Waals surface area contributed by atoms with Crippen molar-refractivity contribution in [2.75, 3.05) is 24.6 Å². The summed E-state index contributed by atoms with van der Waals surface area (Å²) in [6, 6.07) is 0. The second-order valence-electron chi connectivity index (χ2n) is 4.04. The van der Waals surface area contributed by atoms with Gasteiger partial charge in [-0.2, -0.15) is 16.9 Å². The van der Waals surface area contributed by atoms with Crippen molar-refractivity contribution in [3.05, 3.63) is 11.3 Å². The summed E-state index contributed by atoms with van der Waals surface area (Å²) in [6.45, 7) is 5.53. The molecule has 1 aliphatic rings. The Balaban J connectivity index is 2.18. The maximum absolute atomic E-state index is 12.2. The topological polar surface area (TPSA) is 75.0 Å². The average molecular weight is 240 g/mol. The minimum atomic E-state index is -0.00380. The molecule has 1 fully saturated rings. The lowest BCUT2D eigenvalue weighted by Gasteiger charge is -2.30. The molecule has 5 nitrogen and oxygen atoms in total. The summed E-state index contributed by atoms with van der Waals surface area (Å²) in [6.07, 6.45) is 0. The van der Waals surface area contributed by atoms with Crippen LogP contribution in [0.2, 0.25) is 0 Å². The molecule has 1 aromatic heterocycles. The van der Waals surface area contributed by atoms with E-state index in [-0.39, 0.29) is 5.91 Å². The third-order valence-electron chi connectivity index (χ3n) is 2.72. The number of carbonyl (C=O) groups excluding carboxylic acids is 1. The third-order valence-corrected chi connectivity index (χ3v) is 3.85. The second kappa shape index (κ2) is 4.37. The highest BCUT2D eigenvalue weighted by Gasteiger charge is 2.26. The van der Waals surface area contributed by atoms with Crippen molar-refractivity contribution < 1.29 is 4.79 Å². The highest BCUT2D eigenvalue weighted by molar-refractivity contribution is 7.99. The van der Waals surface area contributed by atoms with E-state index in [1.54, 1.807) is 0 Å². The van der Waals surface area contributed by atoms with Gasteiger partial charge >= 0.3 is 0 Å². The van der Waals surface area contributed by atoms with Gasteiger partial charge in [-0.25, -0.2) is 0 Å². The van der Waals surface area contributed by atoms with Crippen molar-refractivity contribution in [3.63, 3.8) is 0 Å². The van der Waals surface area contributed by atoms with Crippen molar-refractivity contribution in [2.45, 2.75) is 19.1 Å².